The first-order valence-corrected chi connectivity index (χ1v) is 6.66. The van der Waals surface area contributed by atoms with Crippen LogP contribution in [0.5, 0.6) is 0 Å². The van der Waals surface area contributed by atoms with Gasteiger partial charge in [-0.1, -0.05) is 0 Å². The normalized spacial score (nSPS) is 11.7. The number of nitrogens with one attached hydrogen (secondary N) is 1. The highest BCUT2D eigenvalue weighted by molar-refractivity contribution is 7.16. The summed E-state index contributed by atoms with van der Waals surface area (Å²) in [5, 5.41) is 14.4. The molecule has 0 aromatic carbocycles. The van der Waals surface area contributed by atoms with Crippen molar-refractivity contribution in [2.75, 3.05) is 6.54 Å². The highest BCUT2D eigenvalue weighted by Gasteiger charge is 2.14. The molecule has 2 heterocycles. The zero-order valence-corrected chi connectivity index (χ0v) is 11.5. The van der Waals surface area contributed by atoms with Gasteiger partial charge in [0.1, 0.15) is 11.4 Å². The fourth-order valence-electron chi connectivity index (χ4n) is 1.53. The van der Waals surface area contributed by atoms with Crippen LogP contribution in [-0.2, 0) is 11.3 Å². The van der Waals surface area contributed by atoms with E-state index < -0.39 is 5.60 Å². The van der Waals surface area contributed by atoms with E-state index in [2.05, 4.69) is 10.3 Å². The predicted molar refractivity (Wildman–Crippen MR) is 73.2 cm³/mol. The molecule has 6 nitrogen and oxygen atoms in total. The molecule has 2 rings (SSSR count). The summed E-state index contributed by atoms with van der Waals surface area (Å²) in [6.45, 7) is 3.22. The molecule has 2 N–H and O–H groups in total. The van der Waals surface area contributed by atoms with Crippen LogP contribution in [0.3, 0.4) is 0 Å². The van der Waals surface area contributed by atoms with Crippen LogP contribution < -0.4 is 10.9 Å². The Hall–Kier alpha value is -1.73. The lowest BCUT2D eigenvalue weighted by molar-refractivity contribution is -0.122. The molecule has 0 aliphatic rings. The monoisotopic (exact) mass is 281 g/mol. The van der Waals surface area contributed by atoms with Crippen LogP contribution in [0.25, 0.3) is 10.2 Å². The second kappa shape index (κ2) is 5.10. The maximum absolute atomic E-state index is 12.0. The van der Waals surface area contributed by atoms with Gasteiger partial charge in [0.15, 0.2) is 0 Å². The number of thiophene rings is 1. The zero-order valence-electron chi connectivity index (χ0n) is 10.7. The van der Waals surface area contributed by atoms with E-state index >= 15 is 0 Å². The molecular formula is C12H15N3O3S. The third-order valence-electron chi connectivity index (χ3n) is 2.48. The van der Waals surface area contributed by atoms with Gasteiger partial charge in [-0.3, -0.25) is 14.2 Å². The summed E-state index contributed by atoms with van der Waals surface area (Å²) in [4.78, 5) is 28.5. The van der Waals surface area contributed by atoms with Crippen molar-refractivity contribution in [1.29, 1.82) is 0 Å². The number of nitrogens with zero attached hydrogens (tertiary/aromatic N) is 2. The Morgan fingerprint density at radius 1 is 1.58 bits per heavy atom. The molecule has 0 spiro atoms. The Bertz CT molecular complexity index is 654. The smallest absolute Gasteiger partial charge is 0.262 e. The summed E-state index contributed by atoms with van der Waals surface area (Å²) in [5.41, 5.74) is -1.21. The third-order valence-corrected chi connectivity index (χ3v) is 3.30. The van der Waals surface area contributed by atoms with Gasteiger partial charge < -0.3 is 10.4 Å². The van der Waals surface area contributed by atoms with Gasteiger partial charge in [-0.2, -0.15) is 0 Å². The van der Waals surface area contributed by atoms with Gasteiger partial charge in [-0.25, -0.2) is 4.98 Å². The largest absolute Gasteiger partial charge is 0.389 e. The number of rotatable bonds is 4. The summed E-state index contributed by atoms with van der Waals surface area (Å²) in [6.07, 6.45) is 1.37. The van der Waals surface area contributed by atoms with Crippen LogP contribution in [0.15, 0.2) is 22.6 Å². The van der Waals surface area contributed by atoms with Crippen molar-refractivity contribution in [1.82, 2.24) is 14.9 Å². The van der Waals surface area contributed by atoms with Crippen LogP contribution in [-0.4, -0.2) is 32.7 Å². The number of hydrogen-bond donors (Lipinski definition) is 2. The molecular weight excluding hydrogens is 266 g/mol. The van der Waals surface area contributed by atoms with E-state index in [4.69, 9.17) is 0 Å². The van der Waals surface area contributed by atoms with Gasteiger partial charge >= 0.3 is 0 Å². The van der Waals surface area contributed by atoms with Crippen LogP contribution in [0, 0.1) is 0 Å². The number of carbonyl (C=O) groups excluding carboxylic acids is 1. The average Bonchev–Trinajstić information content (AvgIpc) is 2.78. The molecule has 0 aliphatic carbocycles. The Labute approximate surface area is 113 Å². The first kappa shape index (κ1) is 13.7. The molecule has 0 bridgehead atoms. The van der Waals surface area contributed by atoms with Gasteiger partial charge in [-0.05, 0) is 25.3 Å². The van der Waals surface area contributed by atoms with E-state index in [-0.39, 0.29) is 24.6 Å². The maximum atomic E-state index is 12.0. The molecule has 0 fully saturated rings. The van der Waals surface area contributed by atoms with Crippen molar-refractivity contribution in [3.05, 3.63) is 28.1 Å². The molecule has 7 heteroatoms. The van der Waals surface area contributed by atoms with Gasteiger partial charge in [0.2, 0.25) is 5.91 Å². The molecule has 2 aromatic heterocycles. The molecule has 0 saturated carbocycles. The SMILES string of the molecule is CC(C)(O)CNC(=O)Cn1cnc2sccc2c1=O. The second-order valence-corrected chi connectivity index (χ2v) is 5.80. The highest BCUT2D eigenvalue weighted by Crippen LogP contribution is 2.13. The van der Waals surface area contributed by atoms with E-state index in [1.807, 2.05) is 0 Å². The Morgan fingerprint density at radius 3 is 3.00 bits per heavy atom. The first-order chi connectivity index (χ1) is 8.87. The van der Waals surface area contributed by atoms with E-state index in [1.54, 1.807) is 25.3 Å². The molecule has 0 unspecified atom stereocenters. The van der Waals surface area contributed by atoms with Gasteiger partial charge in [0, 0.05) is 6.54 Å². The van der Waals surface area contributed by atoms with E-state index in [0.717, 1.165) is 0 Å². The topological polar surface area (TPSA) is 84.2 Å². The maximum Gasteiger partial charge on any atom is 0.262 e. The van der Waals surface area contributed by atoms with Crippen LogP contribution in [0.1, 0.15) is 13.8 Å². The quantitative estimate of drug-likeness (QED) is 0.846. The highest BCUT2D eigenvalue weighted by atomic mass is 32.1. The summed E-state index contributed by atoms with van der Waals surface area (Å²) in [5.74, 6) is -0.333. The third kappa shape index (κ3) is 3.39. The molecule has 0 saturated heterocycles. The minimum Gasteiger partial charge on any atom is -0.389 e. The second-order valence-electron chi connectivity index (χ2n) is 4.91. The lowest BCUT2D eigenvalue weighted by Gasteiger charge is -2.17. The number of carbonyl (C=O) groups is 1. The standard InChI is InChI=1S/C12H15N3O3S/c1-12(2,18)6-13-9(16)5-15-7-14-10-8(11(15)17)3-4-19-10/h3-4,7,18H,5-6H2,1-2H3,(H,13,16). The first-order valence-electron chi connectivity index (χ1n) is 5.78. The number of aromatic nitrogens is 2. The number of aliphatic hydroxyl groups is 1. The molecule has 19 heavy (non-hydrogen) atoms. The van der Waals surface area contributed by atoms with Gasteiger partial charge in [-0.15, -0.1) is 11.3 Å². The van der Waals surface area contributed by atoms with Gasteiger partial charge in [0.25, 0.3) is 5.56 Å². The summed E-state index contributed by atoms with van der Waals surface area (Å²) >= 11 is 1.38. The summed E-state index contributed by atoms with van der Waals surface area (Å²) in [6, 6.07) is 1.70. The summed E-state index contributed by atoms with van der Waals surface area (Å²) < 4.78 is 1.26. The predicted octanol–water partition coefficient (Wildman–Crippen LogP) is 0.345. The number of hydrogen-bond acceptors (Lipinski definition) is 5. The van der Waals surface area contributed by atoms with Crippen molar-refractivity contribution >= 4 is 27.5 Å². The zero-order chi connectivity index (χ0) is 14.0. The molecule has 0 radical (unpaired) electrons. The van der Waals surface area contributed by atoms with E-state index in [9.17, 15) is 14.7 Å². The van der Waals surface area contributed by atoms with Crippen molar-refractivity contribution in [2.45, 2.75) is 26.0 Å². The van der Waals surface area contributed by atoms with Crippen molar-refractivity contribution < 1.29 is 9.90 Å². The minimum atomic E-state index is -0.976. The van der Waals surface area contributed by atoms with E-state index in [1.165, 1.54) is 22.2 Å². The molecule has 102 valence electrons. The van der Waals surface area contributed by atoms with Crippen molar-refractivity contribution in [3.63, 3.8) is 0 Å². The number of amides is 1. The fraction of sp³-hybridized carbons (Fsp3) is 0.417. The minimum absolute atomic E-state index is 0.103. The Balaban J connectivity index is 2.11. The Kier molecular flexibility index (Phi) is 3.68. The van der Waals surface area contributed by atoms with Crippen LogP contribution >= 0.6 is 11.3 Å². The fourth-order valence-corrected chi connectivity index (χ4v) is 2.25. The van der Waals surface area contributed by atoms with Gasteiger partial charge in [0.05, 0.1) is 17.3 Å². The van der Waals surface area contributed by atoms with Crippen LogP contribution in [0.4, 0.5) is 0 Å². The van der Waals surface area contributed by atoms with E-state index in [0.29, 0.717) is 10.2 Å². The molecule has 2 aromatic rings. The lowest BCUT2D eigenvalue weighted by atomic mass is 10.1. The Morgan fingerprint density at radius 2 is 2.32 bits per heavy atom. The number of fused-ring (bicyclic) bond motifs is 1. The lowest BCUT2D eigenvalue weighted by Crippen LogP contribution is -2.40. The van der Waals surface area contributed by atoms with Crippen LogP contribution in [0.2, 0.25) is 0 Å². The molecule has 0 aliphatic heterocycles. The average molecular weight is 281 g/mol. The molecule has 0 atom stereocenters. The molecule has 1 amide bonds. The van der Waals surface area contributed by atoms with Crippen molar-refractivity contribution in [3.8, 4) is 0 Å². The van der Waals surface area contributed by atoms with Crippen molar-refractivity contribution in [2.24, 2.45) is 0 Å². The summed E-state index contributed by atoms with van der Waals surface area (Å²) in [7, 11) is 0.